The van der Waals surface area contributed by atoms with Crippen LogP contribution in [0.4, 0.5) is 10.1 Å². The summed E-state index contributed by atoms with van der Waals surface area (Å²) in [6, 6.07) is 13.5. The predicted octanol–water partition coefficient (Wildman–Crippen LogP) is 5.02. The number of thiocarbonyl (C=S) groups is 1. The zero-order valence-electron chi connectivity index (χ0n) is 13.7. The van der Waals surface area contributed by atoms with E-state index in [2.05, 4.69) is 0 Å². The first-order valence-electron chi connectivity index (χ1n) is 7.75. The third-order valence-electron chi connectivity index (χ3n) is 3.44. The molecule has 0 aromatic heterocycles. The van der Waals surface area contributed by atoms with Gasteiger partial charge in [-0.25, -0.2) is 4.39 Å². The minimum absolute atomic E-state index is 0.0999. The smallest absolute Gasteiger partial charge is 0.270 e. The molecule has 1 aliphatic heterocycles. The molecule has 1 amide bonds. The molecule has 1 aliphatic rings. The number of carbonyl (C=O) groups is 1. The molecule has 0 atom stereocenters. The highest BCUT2D eigenvalue weighted by Crippen LogP contribution is 2.37. The molecule has 1 fully saturated rings. The lowest BCUT2D eigenvalue weighted by atomic mass is 10.2. The summed E-state index contributed by atoms with van der Waals surface area (Å²) >= 11 is 6.43. The lowest BCUT2D eigenvalue weighted by molar-refractivity contribution is -0.113. The zero-order valence-corrected chi connectivity index (χ0v) is 15.4. The predicted molar refractivity (Wildman–Crippen MR) is 104 cm³/mol. The summed E-state index contributed by atoms with van der Waals surface area (Å²) < 4.78 is 19.9. The van der Waals surface area contributed by atoms with Gasteiger partial charge in [0.2, 0.25) is 0 Å². The number of halogens is 1. The molecular weight excluding hydrogens is 357 g/mol. The first-order valence-corrected chi connectivity index (χ1v) is 8.97. The van der Waals surface area contributed by atoms with Crippen LogP contribution in [0.2, 0.25) is 0 Å². The van der Waals surface area contributed by atoms with E-state index in [0.717, 1.165) is 11.3 Å². The highest BCUT2D eigenvalue weighted by atomic mass is 32.2. The average Bonchev–Trinajstić information content (AvgIpc) is 2.83. The summed E-state index contributed by atoms with van der Waals surface area (Å²) in [5, 5.41) is 0. The van der Waals surface area contributed by atoms with E-state index in [1.807, 2.05) is 38.1 Å². The van der Waals surface area contributed by atoms with Crippen molar-refractivity contribution in [3.8, 4) is 5.75 Å². The molecule has 0 N–H and O–H groups in total. The Morgan fingerprint density at radius 3 is 2.48 bits per heavy atom. The van der Waals surface area contributed by atoms with Crippen molar-refractivity contribution in [1.29, 1.82) is 0 Å². The van der Waals surface area contributed by atoms with Crippen molar-refractivity contribution in [2.24, 2.45) is 0 Å². The Hall–Kier alpha value is -2.18. The Morgan fingerprint density at radius 2 is 1.84 bits per heavy atom. The molecule has 25 heavy (non-hydrogen) atoms. The molecule has 0 saturated carbocycles. The third-order valence-corrected chi connectivity index (χ3v) is 4.74. The first kappa shape index (κ1) is 17.6. The van der Waals surface area contributed by atoms with Crippen LogP contribution in [0.15, 0.2) is 53.4 Å². The van der Waals surface area contributed by atoms with Gasteiger partial charge >= 0.3 is 0 Å². The fourth-order valence-corrected chi connectivity index (χ4v) is 3.66. The summed E-state index contributed by atoms with van der Waals surface area (Å²) in [4.78, 5) is 14.3. The van der Waals surface area contributed by atoms with Crippen LogP contribution >= 0.6 is 24.0 Å². The van der Waals surface area contributed by atoms with Crippen molar-refractivity contribution in [3.63, 3.8) is 0 Å². The van der Waals surface area contributed by atoms with Gasteiger partial charge in [-0.15, -0.1) is 0 Å². The van der Waals surface area contributed by atoms with Gasteiger partial charge in [0.05, 0.1) is 16.7 Å². The first-order chi connectivity index (χ1) is 12.0. The number of benzene rings is 2. The van der Waals surface area contributed by atoms with Crippen LogP contribution in [0.5, 0.6) is 5.75 Å². The molecule has 0 unspecified atom stereocenters. The van der Waals surface area contributed by atoms with Crippen LogP contribution in [-0.4, -0.2) is 16.3 Å². The molecule has 0 bridgehead atoms. The molecular formula is C19H16FNO2S2. The number of nitrogens with zero attached hydrogens (tertiary/aromatic N) is 1. The molecule has 3 rings (SSSR count). The number of ether oxygens (including phenoxy) is 1. The Labute approximate surface area is 155 Å². The van der Waals surface area contributed by atoms with Gasteiger partial charge in [-0.1, -0.05) is 48.2 Å². The summed E-state index contributed by atoms with van der Waals surface area (Å²) in [6.07, 6.45) is 1.85. The van der Waals surface area contributed by atoms with Crippen LogP contribution in [0.3, 0.4) is 0 Å². The van der Waals surface area contributed by atoms with Gasteiger partial charge in [0.1, 0.15) is 11.6 Å². The maximum atomic E-state index is 14.0. The molecule has 0 radical (unpaired) electrons. The molecule has 1 heterocycles. The van der Waals surface area contributed by atoms with E-state index in [-0.39, 0.29) is 17.7 Å². The van der Waals surface area contributed by atoms with E-state index in [1.54, 1.807) is 24.3 Å². The van der Waals surface area contributed by atoms with Crippen molar-refractivity contribution in [2.45, 2.75) is 20.0 Å². The van der Waals surface area contributed by atoms with E-state index in [9.17, 15) is 9.18 Å². The lowest BCUT2D eigenvalue weighted by Crippen LogP contribution is -2.28. The third kappa shape index (κ3) is 3.91. The van der Waals surface area contributed by atoms with Crippen LogP contribution in [0, 0.1) is 5.82 Å². The van der Waals surface area contributed by atoms with Crippen molar-refractivity contribution in [1.82, 2.24) is 0 Å². The number of para-hydroxylation sites is 1. The van der Waals surface area contributed by atoms with Crippen LogP contribution in [0.1, 0.15) is 19.4 Å². The standard InChI is InChI=1S/C19H16FNO2S2/c1-12(2)23-14-9-7-13(8-10-14)11-17-18(22)21(19(24)25-17)16-6-4-3-5-15(16)20/h3-12H,1-2H3/b17-11+. The topological polar surface area (TPSA) is 29.5 Å². The Morgan fingerprint density at radius 1 is 1.16 bits per heavy atom. The number of hydrogen-bond acceptors (Lipinski definition) is 4. The summed E-state index contributed by atoms with van der Waals surface area (Å²) in [6.45, 7) is 3.92. The van der Waals surface area contributed by atoms with Crippen molar-refractivity contribution in [3.05, 3.63) is 64.8 Å². The van der Waals surface area contributed by atoms with Crippen molar-refractivity contribution >= 4 is 46.0 Å². The van der Waals surface area contributed by atoms with Gasteiger partial charge in [0, 0.05) is 0 Å². The van der Waals surface area contributed by atoms with Crippen molar-refractivity contribution in [2.75, 3.05) is 4.90 Å². The Kier molecular flexibility index (Phi) is 5.20. The maximum absolute atomic E-state index is 14.0. The number of hydrogen-bond donors (Lipinski definition) is 0. The maximum Gasteiger partial charge on any atom is 0.270 e. The van der Waals surface area contributed by atoms with Crippen LogP contribution in [-0.2, 0) is 4.79 Å². The van der Waals surface area contributed by atoms with Gasteiger partial charge in [-0.3, -0.25) is 9.69 Å². The minimum Gasteiger partial charge on any atom is -0.491 e. The molecule has 1 saturated heterocycles. The number of thioether (sulfide) groups is 1. The molecule has 2 aromatic carbocycles. The Balaban J connectivity index is 1.84. The van der Waals surface area contributed by atoms with E-state index in [1.165, 1.54) is 22.7 Å². The second-order valence-electron chi connectivity index (χ2n) is 5.70. The van der Waals surface area contributed by atoms with E-state index in [0.29, 0.717) is 9.23 Å². The quantitative estimate of drug-likeness (QED) is 0.556. The molecule has 3 nitrogen and oxygen atoms in total. The van der Waals surface area contributed by atoms with Crippen molar-refractivity contribution < 1.29 is 13.9 Å². The fourth-order valence-electron chi connectivity index (χ4n) is 2.37. The van der Waals surface area contributed by atoms with E-state index in [4.69, 9.17) is 17.0 Å². The number of anilines is 1. The molecule has 6 heteroatoms. The van der Waals surface area contributed by atoms with Crippen LogP contribution in [0.25, 0.3) is 6.08 Å². The van der Waals surface area contributed by atoms with Gasteiger partial charge in [0.25, 0.3) is 5.91 Å². The monoisotopic (exact) mass is 373 g/mol. The average molecular weight is 373 g/mol. The highest BCUT2D eigenvalue weighted by molar-refractivity contribution is 8.27. The number of amides is 1. The summed E-state index contributed by atoms with van der Waals surface area (Å²) in [7, 11) is 0. The second kappa shape index (κ2) is 7.37. The minimum atomic E-state index is -0.477. The second-order valence-corrected chi connectivity index (χ2v) is 7.38. The molecule has 128 valence electrons. The fraction of sp³-hybridized carbons (Fsp3) is 0.158. The van der Waals surface area contributed by atoms with Gasteiger partial charge in [-0.2, -0.15) is 0 Å². The Bertz CT molecular complexity index is 847. The lowest BCUT2D eigenvalue weighted by Gasteiger charge is -2.14. The molecule has 2 aromatic rings. The molecule has 0 aliphatic carbocycles. The summed E-state index contributed by atoms with van der Waals surface area (Å²) in [5.41, 5.74) is 1.03. The number of rotatable bonds is 4. The van der Waals surface area contributed by atoms with Crippen LogP contribution < -0.4 is 9.64 Å². The zero-order chi connectivity index (χ0) is 18.0. The molecule has 0 spiro atoms. The SMILES string of the molecule is CC(C)Oc1ccc(/C=C2/SC(=S)N(c3ccccc3F)C2=O)cc1. The largest absolute Gasteiger partial charge is 0.491 e. The van der Waals surface area contributed by atoms with Gasteiger partial charge in [0.15, 0.2) is 4.32 Å². The normalized spacial score (nSPS) is 16.2. The van der Waals surface area contributed by atoms with Gasteiger partial charge in [-0.05, 0) is 49.8 Å². The number of carbonyl (C=O) groups excluding carboxylic acids is 1. The van der Waals surface area contributed by atoms with E-state index >= 15 is 0 Å². The highest BCUT2D eigenvalue weighted by Gasteiger charge is 2.34. The van der Waals surface area contributed by atoms with E-state index < -0.39 is 5.82 Å². The summed E-state index contributed by atoms with van der Waals surface area (Å²) in [5.74, 6) is -0.0242. The van der Waals surface area contributed by atoms with Gasteiger partial charge < -0.3 is 4.74 Å².